The van der Waals surface area contributed by atoms with Crippen molar-refractivity contribution in [3.63, 3.8) is 0 Å². The van der Waals surface area contributed by atoms with E-state index in [4.69, 9.17) is 10.5 Å². The standard InChI is InChI=1S/C21H31N3O3/c1-13-5-6-18(14(2)23-13)27-19-10-16-12-24(11-15(16)9-17(19)25)20(26)21(22)7-3-4-8-21/h5-6,15-17,19,25H,3-4,7-12,22H2,1-2H3/t15-,16+,17+,19+/m0/s1. The lowest BCUT2D eigenvalue weighted by atomic mass is 9.78. The smallest absolute Gasteiger partial charge is 0.242 e. The quantitative estimate of drug-likeness (QED) is 0.845. The van der Waals surface area contributed by atoms with Gasteiger partial charge < -0.3 is 20.5 Å². The van der Waals surface area contributed by atoms with Crippen LogP contribution >= 0.6 is 0 Å². The van der Waals surface area contributed by atoms with Crippen LogP contribution < -0.4 is 10.5 Å². The highest BCUT2D eigenvalue weighted by Gasteiger charge is 2.48. The van der Waals surface area contributed by atoms with Gasteiger partial charge in [0.25, 0.3) is 0 Å². The largest absolute Gasteiger partial charge is 0.486 e. The highest BCUT2D eigenvalue weighted by atomic mass is 16.5. The zero-order valence-electron chi connectivity index (χ0n) is 16.4. The number of ether oxygens (including phenoxy) is 1. The van der Waals surface area contributed by atoms with E-state index in [2.05, 4.69) is 4.98 Å². The van der Waals surface area contributed by atoms with Gasteiger partial charge in [-0.05, 0) is 63.5 Å². The predicted molar refractivity (Wildman–Crippen MR) is 102 cm³/mol. The average molecular weight is 373 g/mol. The van der Waals surface area contributed by atoms with Gasteiger partial charge in [0.05, 0.1) is 17.3 Å². The van der Waals surface area contributed by atoms with Crippen molar-refractivity contribution in [3.05, 3.63) is 23.5 Å². The summed E-state index contributed by atoms with van der Waals surface area (Å²) in [6.45, 7) is 5.34. The zero-order chi connectivity index (χ0) is 19.2. The van der Waals surface area contributed by atoms with E-state index in [-0.39, 0.29) is 12.0 Å². The first-order valence-electron chi connectivity index (χ1n) is 10.2. The fourth-order valence-corrected chi connectivity index (χ4v) is 5.18. The summed E-state index contributed by atoms with van der Waals surface area (Å²) < 4.78 is 6.14. The Bertz CT molecular complexity index is 717. The minimum absolute atomic E-state index is 0.111. The molecule has 3 N–H and O–H groups in total. The van der Waals surface area contributed by atoms with E-state index in [9.17, 15) is 9.90 Å². The lowest BCUT2D eigenvalue weighted by Crippen LogP contribution is -2.53. The molecule has 27 heavy (non-hydrogen) atoms. The summed E-state index contributed by atoms with van der Waals surface area (Å²) in [5.74, 6) is 1.55. The summed E-state index contributed by atoms with van der Waals surface area (Å²) >= 11 is 0. The van der Waals surface area contributed by atoms with Crippen molar-refractivity contribution in [2.24, 2.45) is 17.6 Å². The molecule has 1 amide bonds. The van der Waals surface area contributed by atoms with Gasteiger partial charge >= 0.3 is 0 Å². The molecule has 4 atom stereocenters. The van der Waals surface area contributed by atoms with Crippen molar-refractivity contribution in [2.45, 2.75) is 70.1 Å². The molecule has 3 fully saturated rings. The van der Waals surface area contributed by atoms with Gasteiger partial charge in [0, 0.05) is 18.8 Å². The van der Waals surface area contributed by atoms with Gasteiger partial charge in [-0.2, -0.15) is 0 Å². The molecular formula is C21H31N3O3. The van der Waals surface area contributed by atoms with Crippen LogP contribution in [0.2, 0.25) is 0 Å². The number of aliphatic hydroxyl groups excluding tert-OH is 1. The first-order valence-corrected chi connectivity index (χ1v) is 10.2. The number of rotatable bonds is 3. The Morgan fingerprint density at radius 1 is 1.22 bits per heavy atom. The molecule has 1 saturated heterocycles. The molecule has 0 bridgehead atoms. The van der Waals surface area contributed by atoms with Gasteiger partial charge in [-0.1, -0.05) is 12.8 Å². The predicted octanol–water partition coefficient (Wildman–Crippen LogP) is 1.95. The molecule has 0 aromatic carbocycles. The van der Waals surface area contributed by atoms with Crippen LogP contribution in [-0.2, 0) is 4.79 Å². The van der Waals surface area contributed by atoms with E-state index >= 15 is 0 Å². The number of nitrogens with zero attached hydrogens (tertiary/aromatic N) is 2. The molecule has 2 heterocycles. The number of pyridine rings is 1. The summed E-state index contributed by atoms with van der Waals surface area (Å²) in [5.41, 5.74) is 7.53. The third-order valence-corrected chi connectivity index (χ3v) is 6.75. The lowest BCUT2D eigenvalue weighted by molar-refractivity contribution is -0.136. The second-order valence-electron chi connectivity index (χ2n) is 8.82. The average Bonchev–Trinajstić information content (AvgIpc) is 3.23. The Kier molecular flexibility index (Phi) is 4.89. The van der Waals surface area contributed by atoms with E-state index in [1.807, 2.05) is 30.9 Å². The summed E-state index contributed by atoms with van der Waals surface area (Å²) in [5, 5.41) is 10.6. The van der Waals surface area contributed by atoms with Crippen LogP contribution in [0.15, 0.2) is 12.1 Å². The maximum Gasteiger partial charge on any atom is 0.242 e. The maximum absolute atomic E-state index is 12.9. The van der Waals surface area contributed by atoms with Crippen LogP contribution in [0.25, 0.3) is 0 Å². The van der Waals surface area contributed by atoms with E-state index in [0.29, 0.717) is 18.3 Å². The second-order valence-corrected chi connectivity index (χ2v) is 8.82. The fraction of sp³-hybridized carbons (Fsp3) is 0.714. The van der Waals surface area contributed by atoms with E-state index in [1.165, 1.54) is 0 Å². The third kappa shape index (κ3) is 3.57. The molecule has 6 heteroatoms. The second kappa shape index (κ2) is 7.06. The van der Waals surface area contributed by atoms with Gasteiger partial charge in [-0.3, -0.25) is 9.78 Å². The molecule has 0 unspecified atom stereocenters. The Balaban J connectivity index is 1.42. The van der Waals surface area contributed by atoms with E-state index in [0.717, 1.165) is 62.3 Å². The third-order valence-electron chi connectivity index (χ3n) is 6.75. The number of aromatic nitrogens is 1. The molecule has 1 aromatic rings. The molecule has 0 spiro atoms. The van der Waals surface area contributed by atoms with Gasteiger partial charge in [0.1, 0.15) is 11.9 Å². The molecular weight excluding hydrogens is 342 g/mol. The number of likely N-dealkylation sites (tertiary alicyclic amines) is 1. The zero-order valence-corrected chi connectivity index (χ0v) is 16.4. The number of fused-ring (bicyclic) bond motifs is 1. The van der Waals surface area contributed by atoms with Crippen LogP contribution in [0.3, 0.4) is 0 Å². The Labute approximate surface area is 161 Å². The number of aryl methyl sites for hydroxylation is 2. The number of hydrogen-bond donors (Lipinski definition) is 2. The molecule has 1 aromatic heterocycles. The molecule has 4 rings (SSSR count). The van der Waals surface area contributed by atoms with Crippen molar-refractivity contribution >= 4 is 5.91 Å². The molecule has 2 saturated carbocycles. The number of hydrogen-bond acceptors (Lipinski definition) is 5. The topological polar surface area (TPSA) is 88.7 Å². The summed E-state index contributed by atoms with van der Waals surface area (Å²) in [4.78, 5) is 19.3. The van der Waals surface area contributed by atoms with Crippen molar-refractivity contribution in [1.29, 1.82) is 0 Å². The first-order chi connectivity index (χ1) is 12.9. The maximum atomic E-state index is 12.9. The number of carbonyl (C=O) groups excluding carboxylic acids is 1. The lowest BCUT2D eigenvalue weighted by Gasteiger charge is -2.35. The highest BCUT2D eigenvalue weighted by molar-refractivity contribution is 5.86. The van der Waals surface area contributed by atoms with Gasteiger partial charge in [-0.25, -0.2) is 0 Å². The minimum Gasteiger partial charge on any atom is -0.486 e. The van der Waals surface area contributed by atoms with Crippen molar-refractivity contribution in [1.82, 2.24) is 9.88 Å². The fourth-order valence-electron chi connectivity index (χ4n) is 5.18. The van der Waals surface area contributed by atoms with Crippen molar-refractivity contribution < 1.29 is 14.6 Å². The molecule has 0 radical (unpaired) electrons. The van der Waals surface area contributed by atoms with Crippen molar-refractivity contribution in [2.75, 3.05) is 13.1 Å². The Morgan fingerprint density at radius 2 is 1.89 bits per heavy atom. The van der Waals surface area contributed by atoms with Crippen LogP contribution in [0.4, 0.5) is 0 Å². The Hall–Kier alpha value is -1.66. The minimum atomic E-state index is -0.660. The van der Waals surface area contributed by atoms with Crippen LogP contribution in [0.1, 0.15) is 49.9 Å². The number of carbonyl (C=O) groups is 1. The number of nitrogens with two attached hydrogens (primary N) is 1. The molecule has 6 nitrogen and oxygen atoms in total. The summed E-state index contributed by atoms with van der Waals surface area (Å²) in [6, 6.07) is 3.86. The number of aliphatic hydroxyl groups is 1. The molecule has 1 aliphatic heterocycles. The Morgan fingerprint density at radius 3 is 2.56 bits per heavy atom. The van der Waals surface area contributed by atoms with Crippen LogP contribution in [-0.4, -0.2) is 51.7 Å². The van der Waals surface area contributed by atoms with Gasteiger partial charge in [-0.15, -0.1) is 0 Å². The van der Waals surface area contributed by atoms with Crippen LogP contribution in [0.5, 0.6) is 5.75 Å². The van der Waals surface area contributed by atoms with E-state index < -0.39 is 11.6 Å². The van der Waals surface area contributed by atoms with Gasteiger partial charge in [0.2, 0.25) is 5.91 Å². The number of amides is 1. The first kappa shape index (κ1) is 18.7. The SMILES string of the molecule is Cc1ccc(O[C@@H]2C[C@@H]3CN(C(=O)C4(N)CCCC4)C[C@@H]3C[C@H]2O)c(C)n1. The van der Waals surface area contributed by atoms with Crippen LogP contribution in [0, 0.1) is 25.7 Å². The molecule has 3 aliphatic rings. The molecule has 2 aliphatic carbocycles. The highest BCUT2D eigenvalue weighted by Crippen LogP contribution is 2.40. The summed E-state index contributed by atoms with van der Waals surface area (Å²) in [6.07, 6.45) is 4.36. The summed E-state index contributed by atoms with van der Waals surface area (Å²) in [7, 11) is 0. The normalized spacial score (nSPS) is 32.4. The van der Waals surface area contributed by atoms with E-state index in [1.54, 1.807) is 0 Å². The molecule has 148 valence electrons. The van der Waals surface area contributed by atoms with Crippen molar-refractivity contribution in [3.8, 4) is 5.75 Å². The van der Waals surface area contributed by atoms with Gasteiger partial charge in [0.15, 0.2) is 0 Å². The monoisotopic (exact) mass is 373 g/mol.